The third-order valence-electron chi connectivity index (χ3n) is 2.24. The van der Waals surface area contributed by atoms with E-state index in [2.05, 4.69) is 15.4 Å². The number of nitrogens with zero attached hydrogens (tertiary/aromatic N) is 3. The predicted octanol–water partition coefficient (Wildman–Crippen LogP) is 3.18. The Morgan fingerprint density at radius 2 is 2.11 bits per heavy atom. The lowest BCUT2D eigenvalue weighted by molar-refractivity contribution is -0.138. The van der Waals surface area contributed by atoms with Crippen LogP contribution in [0.15, 0.2) is 24.5 Å². The summed E-state index contributed by atoms with van der Waals surface area (Å²) in [5.74, 6) is 0.994. The summed E-state index contributed by atoms with van der Waals surface area (Å²) in [7, 11) is 1.72. The number of alkyl halides is 3. The van der Waals surface area contributed by atoms with Crippen LogP contribution in [0.1, 0.15) is 5.56 Å². The van der Waals surface area contributed by atoms with Crippen molar-refractivity contribution in [3.8, 4) is 0 Å². The average molecular weight is 368 g/mol. The summed E-state index contributed by atoms with van der Waals surface area (Å²) in [6.45, 7) is 0. The molecule has 0 bridgehead atoms. The molecule has 0 aromatic carbocycles. The van der Waals surface area contributed by atoms with Crippen molar-refractivity contribution in [1.82, 2.24) is 14.8 Å². The van der Waals surface area contributed by atoms with Crippen molar-refractivity contribution in [2.24, 2.45) is 7.05 Å². The summed E-state index contributed by atoms with van der Waals surface area (Å²) in [6.07, 6.45) is -1.98. The Bertz CT molecular complexity index is 564. The van der Waals surface area contributed by atoms with Crippen LogP contribution in [-0.2, 0) is 13.2 Å². The highest BCUT2D eigenvalue weighted by Gasteiger charge is 2.33. The van der Waals surface area contributed by atoms with Gasteiger partial charge in [0.05, 0.1) is 11.8 Å². The molecule has 2 aromatic heterocycles. The summed E-state index contributed by atoms with van der Waals surface area (Å²) in [5, 5.41) is 6.83. The number of hydrogen-bond donors (Lipinski definition) is 1. The van der Waals surface area contributed by atoms with E-state index in [0.717, 1.165) is 6.20 Å². The maximum atomic E-state index is 12.5. The van der Waals surface area contributed by atoms with Crippen molar-refractivity contribution < 1.29 is 13.2 Å². The number of hydrogen-bond acceptors (Lipinski definition) is 3. The van der Waals surface area contributed by atoms with Crippen molar-refractivity contribution in [2.45, 2.75) is 6.18 Å². The fraction of sp³-hybridized carbons (Fsp3) is 0.200. The monoisotopic (exact) mass is 368 g/mol. The first kappa shape index (κ1) is 13.1. The summed E-state index contributed by atoms with van der Waals surface area (Å²) in [5.41, 5.74) is -0.737. The lowest BCUT2D eigenvalue weighted by atomic mass is 10.3. The quantitative estimate of drug-likeness (QED) is 0.829. The SMILES string of the molecule is Cn1nccc1Nc1cc(I)c(C(F)(F)F)cn1. The van der Waals surface area contributed by atoms with Gasteiger partial charge in [-0.05, 0) is 28.7 Å². The molecule has 0 saturated carbocycles. The molecule has 2 rings (SSSR count). The van der Waals surface area contributed by atoms with Crippen molar-refractivity contribution in [3.05, 3.63) is 33.7 Å². The molecule has 0 saturated heterocycles. The van der Waals surface area contributed by atoms with E-state index in [1.165, 1.54) is 6.07 Å². The zero-order valence-corrected chi connectivity index (χ0v) is 11.3. The first-order valence-electron chi connectivity index (χ1n) is 4.85. The molecule has 0 aliphatic heterocycles. The van der Waals surface area contributed by atoms with Crippen LogP contribution < -0.4 is 5.32 Å². The fourth-order valence-corrected chi connectivity index (χ4v) is 2.08. The van der Waals surface area contributed by atoms with Crippen molar-refractivity contribution in [3.63, 3.8) is 0 Å². The lowest BCUT2D eigenvalue weighted by Crippen LogP contribution is -2.09. The molecular formula is C10H8F3IN4. The van der Waals surface area contributed by atoms with Gasteiger partial charge in [0.15, 0.2) is 0 Å². The van der Waals surface area contributed by atoms with E-state index in [4.69, 9.17) is 0 Å². The Balaban J connectivity index is 2.27. The molecule has 0 aliphatic carbocycles. The highest BCUT2D eigenvalue weighted by Crippen LogP contribution is 2.33. The van der Waals surface area contributed by atoms with Crippen LogP contribution in [-0.4, -0.2) is 14.8 Å². The molecule has 0 aliphatic rings. The zero-order valence-electron chi connectivity index (χ0n) is 9.16. The first-order valence-corrected chi connectivity index (χ1v) is 5.93. The van der Waals surface area contributed by atoms with Gasteiger partial charge in [-0.3, -0.25) is 4.68 Å². The van der Waals surface area contributed by atoms with Crippen LogP contribution in [0.5, 0.6) is 0 Å². The summed E-state index contributed by atoms with van der Waals surface area (Å²) < 4.78 is 39.3. The van der Waals surface area contributed by atoms with Gasteiger partial charge in [0.2, 0.25) is 0 Å². The third kappa shape index (κ3) is 2.74. The molecule has 0 spiro atoms. The van der Waals surface area contributed by atoms with E-state index in [0.29, 0.717) is 11.6 Å². The Hall–Kier alpha value is -1.32. The predicted molar refractivity (Wildman–Crippen MR) is 68.4 cm³/mol. The largest absolute Gasteiger partial charge is 0.418 e. The number of rotatable bonds is 2. The molecule has 2 heterocycles. The normalized spacial score (nSPS) is 11.6. The summed E-state index contributed by atoms with van der Waals surface area (Å²) in [4.78, 5) is 3.74. The van der Waals surface area contributed by atoms with Crippen LogP contribution in [0.4, 0.5) is 24.8 Å². The molecule has 1 N–H and O–H groups in total. The van der Waals surface area contributed by atoms with Gasteiger partial charge < -0.3 is 5.32 Å². The van der Waals surface area contributed by atoms with E-state index in [1.807, 2.05) is 0 Å². The van der Waals surface area contributed by atoms with Gasteiger partial charge in [0.25, 0.3) is 0 Å². The fourth-order valence-electron chi connectivity index (χ4n) is 1.34. The van der Waals surface area contributed by atoms with E-state index in [9.17, 15) is 13.2 Å². The lowest BCUT2D eigenvalue weighted by Gasteiger charge is -2.11. The van der Waals surface area contributed by atoms with Crippen LogP contribution >= 0.6 is 22.6 Å². The van der Waals surface area contributed by atoms with Crippen molar-refractivity contribution in [1.29, 1.82) is 0 Å². The second kappa shape index (κ2) is 4.75. The number of halogens is 4. The minimum Gasteiger partial charge on any atom is -0.325 e. The van der Waals surface area contributed by atoms with Crippen LogP contribution in [0.3, 0.4) is 0 Å². The molecule has 0 fully saturated rings. The van der Waals surface area contributed by atoms with Gasteiger partial charge in [-0.15, -0.1) is 0 Å². The number of aromatic nitrogens is 3. The molecule has 2 aromatic rings. The average Bonchev–Trinajstić information content (AvgIpc) is 2.62. The molecule has 0 amide bonds. The summed E-state index contributed by atoms with van der Waals surface area (Å²) >= 11 is 1.64. The van der Waals surface area contributed by atoms with Crippen LogP contribution in [0, 0.1) is 3.57 Å². The third-order valence-corrected chi connectivity index (χ3v) is 3.13. The second-order valence-electron chi connectivity index (χ2n) is 3.51. The van der Waals surface area contributed by atoms with Gasteiger partial charge in [0, 0.05) is 22.9 Å². The molecule has 18 heavy (non-hydrogen) atoms. The number of anilines is 2. The summed E-state index contributed by atoms with van der Waals surface area (Å²) in [6, 6.07) is 3.04. The van der Waals surface area contributed by atoms with Crippen LogP contribution in [0.25, 0.3) is 0 Å². The Morgan fingerprint density at radius 3 is 2.61 bits per heavy atom. The second-order valence-corrected chi connectivity index (χ2v) is 4.67. The van der Waals surface area contributed by atoms with Gasteiger partial charge in [-0.25, -0.2) is 4.98 Å². The number of pyridine rings is 1. The van der Waals surface area contributed by atoms with Gasteiger partial charge in [-0.2, -0.15) is 18.3 Å². The van der Waals surface area contributed by atoms with Gasteiger partial charge >= 0.3 is 6.18 Å². The van der Waals surface area contributed by atoms with Crippen LogP contribution in [0.2, 0.25) is 0 Å². The standard InChI is InChI=1S/C10H8F3IN4/c1-18-9(2-3-16-18)17-8-4-7(14)6(5-15-8)10(11,12)13/h2-5H,1H3,(H,15,17). The van der Waals surface area contributed by atoms with E-state index < -0.39 is 11.7 Å². The maximum absolute atomic E-state index is 12.5. The Labute approximate surface area is 114 Å². The van der Waals surface area contributed by atoms with Crippen molar-refractivity contribution in [2.75, 3.05) is 5.32 Å². The van der Waals surface area contributed by atoms with Gasteiger partial charge in [-0.1, -0.05) is 0 Å². The number of aryl methyl sites for hydroxylation is 1. The first-order chi connectivity index (χ1) is 8.38. The molecule has 96 valence electrons. The Kier molecular flexibility index (Phi) is 3.46. The van der Waals surface area contributed by atoms with Crippen molar-refractivity contribution >= 4 is 34.2 Å². The van der Waals surface area contributed by atoms with E-state index >= 15 is 0 Å². The Morgan fingerprint density at radius 1 is 1.39 bits per heavy atom. The molecule has 8 heteroatoms. The molecule has 0 radical (unpaired) electrons. The molecular weight excluding hydrogens is 360 g/mol. The highest BCUT2D eigenvalue weighted by molar-refractivity contribution is 14.1. The number of nitrogens with one attached hydrogen (secondary N) is 1. The van der Waals surface area contributed by atoms with E-state index in [-0.39, 0.29) is 3.57 Å². The maximum Gasteiger partial charge on any atom is 0.418 e. The minimum absolute atomic E-state index is 0.0970. The minimum atomic E-state index is -4.38. The topological polar surface area (TPSA) is 42.7 Å². The highest BCUT2D eigenvalue weighted by atomic mass is 127. The zero-order chi connectivity index (χ0) is 13.3. The van der Waals surface area contributed by atoms with Gasteiger partial charge in [0.1, 0.15) is 11.6 Å². The smallest absolute Gasteiger partial charge is 0.325 e. The molecule has 0 unspecified atom stereocenters. The molecule has 4 nitrogen and oxygen atoms in total. The molecule has 0 atom stereocenters. The van der Waals surface area contributed by atoms with E-state index in [1.54, 1.807) is 46.6 Å².